The quantitative estimate of drug-likeness (QED) is 0.323. The van der Waals surface area contributed by atoms with E-state index in [0.717, 1.165) is 11.4 Å². The smallest absolute Gasteiger partial charge is 0.216 e. The molecule has 2 N–H and O–H groups in total. The molecule has 0 aliphatic carbocycles. The normalized spacial score (nSPS) is 11.5. The molecule has 0 saturated carbocycles. The summed E-state index contributed by atoms with van der Waals surface area (Å²) in [5, 5.41) is 6.44. The molecule has 0 atom stereocenters. The summed E-state index contributed by atoms with van der Waals surface area (Å²) in [6.45, 7) is 9.25. The van der Waals surface area contributed by atoms with E-state index in [0.29, 0.717) is 42.2 Å². The van der Waals surface area contributed by atoms with Gasteiger partial charge in [-0.1, -0.05) is 20.8 Å². The van der Waals surface area contributed by atoms with Gasteiger partial charge in [-0.2, -0.15) is 0 Å². The van der Waals surface area contributed by atoms with Crippen molar-refractivity contribution in [1.29, 1.82) is 0 Å². The van der Waals surface area contributed by atoms with E-state index in [1.807, 2.05) is 19.1 Å². The number of hydrogen-bond donors (Lipinski definition) is 2. The Hall–Kier alpha value is -2.17. The molecule has 29 heavy (non-hydrogen) atoms. The molecule has 2 aromatic rings. The lowest BCUT2D eigenvalue weighted by atomic mass is 9.94. The van der Waals surface area contributed by atoms with E-state index in [9.17, 15) is 0 Å². The average Bonchev–Trinajstić information content (AvgIpc) is 3.15. The molecule has 2 rings (SSSR count). The number of methoxy groups -OCH3 is 3. The Morgan fingerprint density at radius 1 is 1.10 bits per heavy atom. The SMILES string of the molecule is CCNC(=NCc1ncc(C(C)(C)C)o1)Nc1cc(OC)c(OC)c(OC)c1.I. The summed E-state index contributed by atoms with van der Waals surface area (Å²) < 4.78 is 21.9. The number of aliphatic imine (C=N–C) groups is 1. The molecule has 1 aromatic carbocycles. The van der Waals surface area contributed by atoms with Crippen molar-refractivity contribution in [2.24, 2.45) is 4.99 Å². The van der Waals surface area contributed by atoms with Gasteiger partial charge in [0.2, 0.25) is 11.6 Å². The number of nitrogens with one attached hydrogen (secondary N) is 2. The first-order valence-corrected chi connectivity index (χ1v) is 9.12. The van der Waals surface area contributed by atoms with Crippen molar-refractivity contribution >= 4 is 35.6 Å². The molecule has 0 amide bonds. The Balaban J connectivity index is 0.00000420. The molecule has 0 aliphatic rings. The number of rotatable bonds is 7. The van der Waals surface area contributed by atoms with Crippen molar-refractivity contribution in [2.45, 2.75) is 39.7 Å². The Kier molecular flexibility index (Phi) is 9.54. The van der Waals surface area contributed by atoms with Crippen LogP contribution in [-0.2, 0) is 12.0 Å². The van der Waals surface area contributed by atoms with Crippen LogP contribution in [0.1, 0.15) is 39.3 Å². The second kappa shape index (κ2) is 11.1. The van der Waals surface area contributed by atoms with Crippen molar-refractivity contribution in [3.05, 3.63) is 30.0 Å². The van der Waals surface area contributed by atoms with Gasteiger partial charge in [-0.25, -0.2) is 9.98 Å². The van der Waals surface area contributed by atoms with E-state index in [1.165, 1.54) is 0 Å². The molecule has 162 valence electrons. The van der Waals surface area contributed by atoms with Crippen LogP contribution in [0, 0.1) is 0 Å². The van der Waals surface area contributed by atoms with E-state index in [4.69, 9.17) is 18.6 Å². The van der Waals surface area contributed by atoms with Crippen molar-refractivity contribution in [2.75, 3.05) is 33.2 Å². The largest absolute Gasteiger partial charge is 0.493 e. The third kappa shape index (κ3) is 6.69. The third-order valence-corrected chi connectivity index (χ3v) is 3.94. The molecule has 0 unspecified atom stereocenters. The van der Waals surface area contributed by atoms with Gasteiger partial charge in [0.15, 0.2) is 17.5 Å². The van der Waals surface area contributed by atoms with Gasteiger partial charge in [0.05, 0.1) is 27.5 Å². The molecular weight excluding hydrogens is 487 g/mol. The van der Waals surface area contributed by atoms with Crippen LogP contribution >= 0.6 is 24.0 Å². The molecule has 0 spiro atoms. The first-order chi connectivity index (χ1) is 13.3. The third-order valence-electron chi connectivity index (χ3n) is 3.94. The maximum Gasteiger partial charge on any atom is 0.216 e. The summed E-state index contributed by atoms with van der Waals surface area (Å²) in [6, 6.07) is 3.63. The van der Waals surface area contributed by atoms with Crippen LogP contribution in [0.4, 0.5) is 5.69 Å². The minimum Gasteiger partial charge on any atom is -0.493 e. The minimum atomic E-state index is -0.0894. The van der Waals surface area contributed by atoms with E-state index < -0.39 is 0 Å². The number of guanidine groups is 1. The molecule has 1 heterocycles. The predicted octanol–water partition coefficient (Wildman–Crippen LogP) is 4.19. The lowest BCUT2D eigenvalue weighted by Gasteiger charge is -2.16. The van der Waals surface area contributed by atoms with Crippen LogP contribution in [0.5, 0.6) is 17.2 Å². The van der Waals surface area contributed by atoms with Gasteiger partial charge in [0, 0.05) is 29.8 Å². The predicted molar refractivity (Wildman–Crippen MR) is 125 cm³/mol. The fraction of sp³-hybridized carbons (Fsp3) is 0.500. The monoisotopic (exact) mass is 518 g/mol. The Morgan fingerprint density at radius 3 is 2.17 bits per heavy atom. The Labute approximate surface area is 189 Å². The number of anilines is 1. The Morgan fingerprint density at radius 2 is 1.72 bits per heavy atom. The minimum absolute atomic E-state index is 0. The molecule has 0 saturated heterocycles. The number of ether oxygens (including phenoxy) is 3. The standard InChI is InChI=1S/C20H30N4O4.HI/c1-8-21-19(23-12-17-22-11-16(28-17)20(2,3)4)24-13-9-14(25-5)18(27-7)15(10-13)26-6;/h9-11H,8,12H2,1-7H3,(H2,21,23,24);1H. The fourth-order valence-corrected chi connectivity index (χ4v) is 2.47. The molecule has 9 heteroatoms. The molecule has 0 aliphatic heterocycles. The maximum absolute atomic E-state index is 5.80. The zero-order chi connectivity index (χ0) is 20.7. The summed E-state index contributed by atoms with van der Waals surface area (Å²) in [4.78, 5) is 8.87. The van der Waals surface area contributed by atoms with Gasteiger partial charge in [0.1, 0.15) is 12.3 Å². The molecule has 0 radical (unpaired) electrons. The van der Waals surface area contributed by atoms with Crippen molar-refractivity contribution in [1.82, 2.24) is 10.3 Å². The van der Waals surface area contributed by atoms with Crippen LogP contribution in [0.3, 0.4) is 0 Å². The number of aromatic nitrogens is 1. The summed E-state index contributed by atoms with van der Waals surface area (Å²) >= 11 is 0. The molecule has 0 bridgehead atoms. The van der Waals surface area contributed by atoms with Crippen molar-refractivity contribution in [3.63, 3.8) is 0 Å². The van der Waals surface area contributed by atoms with Gasteiger partial charge < -0.3 is 29.3 Å². The fourth-order valence-electron chi connectivity index (χ4n) is 2.47. The van der Waals surface area contributed by atoms with Gasteiger partial charge in [0.25, 0.3) is 0 Å². The lowest BCUT2D eigenvalue weighted by molar-refractivity contribution is 0.324. The van der Waals surface area contributed by atoms with Gasteiger partial charge in [-0.15, -0.1) is 24.0 Å². The summed E-state index contributed by atoms with van der Waals surface area (Å²) in [5.74, 6) is 3.64. The van der Waals surface area contributed by atoms with Crippen LogP contribution in [0.2, 0.25) is 0 Å². The van der Waals surface area contributed by atoms with Crippen LogP contribution in [-0.4, -0.2) is 38.8 Å². The maximum atomic E-state index is 5.80. The molecule has 1 aromatic heterocycles. The van der Waals surface area contributed by atoms with Gasteiger partial charge >= 0.3 is 0 Å². The van der Waals surface area contributed by atoms with Crippen molar-refractivity contribution in [3.8, 4) is 17.2 Å². The molecule has 8 nitrogen and oxygen atoms in total. The van der Waals surface area contributed by atoms with Crippen molar-refractivity contribution < 1.29 is 18.6 Å². The van der Waals surface area contributed by atoms with Crippen LogP contribution < -0.4 is 24.8 Å². The van der Waals surface area contributed by atoms with E-state index in [1.54, 1.807) is 27.5 Å². The zero-order valence-electron chi connectivity index (χ0n) is 18.1. The first-order valence-electron chi connectivity index (χ1n) is 9.12. The molecule has 0 fully saturated rings. The highest BCUT2D eigenvalue weighted by molar-refractivity contribution is 14.0. The van der Waals surface area contributed by atoms with E-state index in [-0.39, 0.29) is 29.4 Å². The lowest BCUT2D eigenvalue weighted by Crippen LogP contribution is -2.30. The number of halogens is 1. The first kappa shape index (κ1) is 24.9. The highest BCUT2D eigenvalue weighted by atomic mass is 127. The summed E-state index contributed by atoms with van der Waals surface area (Å²) in [5.41, 5.74) is 0.658. The highest BCUT2D eigenvalue weighted by Crippen LogP contribution is 2.39. The second-order valence-corrected chi connectivity index (χ2v) is 7.10. The van der Waals surface area contributed by atoms with Crippen LogP contribution in [0.15, 0.2) is 27.7 Å². The zero-order valence-corrected chi connectivity index (χ0v) is 20.4. The van der Waals surface area contributed by atoms with Gasteiger partial charge in [-0.05, 0) is 6.92 Å². The van der Waals surface area contributed by atoms with E-state index in [2.05, 4.69) is 41.4 Å². The number of hydrogen-bond acceptors (Lipinski definition) is 6. The second-order valence-electron chi connectivity index (χ2n) is 7.10. The highest BCUT2D eigenvalue weighted by Gasteiger charge is 2.19. The number of oxazole rings is 1. The van der Waals surface area contributed by atoms with Gasteiger partial charge in [-0.3, -0.25) is 0 Å². The topological polar surface area (TPSA) is 90.1 Å². The van der Waals surface area contributed by atoms with Crippen LogP contribution in [0.25, 0.3) is 0 Å². The summed E-state index contributed by atoms with van der Waals surface area (Å²) in [7, 11) is 4.73. The summed E-state index contributed by atoms with van der Waals surface area (Å²) in [6.07, 6.45) is 1.75. The molecular formula is C20H31IN4O4. The van der Waals surface area contributed by atoms with E-state index >= 15 is 0 Å². The number of nitrogens with zero attached hydrogens (tertiary/aromatic N) is 2. The Bertz CT molecular complexity index is 790. The number of benzene rings is 1. The average molecular weight is 518 g/mol.